The Morgan fingerprint density at radius 1 is 0.200 bits per heavy atom. The fourth-order valence-corrected chi connectivity index (χ4v) is 17.5. The molecule has 0 atom stereocenters. The summed E-state index contributed by atoms with van der Waals surface area (Å²) in [5.41, 5.74) is 9.29. The molecule has 5 aliphatic rings. The van der Waals surface area contributed by atoms with Gasteiger partial charge in [0, 0.05) is 57.5 Å². The zero-order chi connectivity index (χ0) is 88.2. The normalized spacial score (nSPS) is 19.4. The van der Waals surface area contributed by atoms with Gasteiger partial charge < -0.3 is 47.4 Å². The number of hydrogen-bond donors (Lipinski definition) is 0. The fourth-order valence-electron chi connectivity index (χ4n) is 16.8. The van der Waals surface area contributed by atoms with Crippen LogP contribution in [0.4, 0.5) is 23.5 Å². The highest BCUT2D eigenvalue weighted by atomic mass is 32.1. The summed E-state index contributed by atoms with van der Waals surface area (Å²) in [6.45, 7) is 14.2. The standard InChI is InChI=1S/5C21H23O3S.5FH/c5*1-2-23-18-9-7-16(8-10-18)15-3-5-17(6-4-15)21(22)24-19-11-13-20(25)14-12-19;;;;;/h5*3-6,11-14,16,18H,2,7-10H2,1H3;5*1H/t5*16-,18-;;;;;. The third kappa shape index (κ3) is 35.0. The van der Waals surface area contributed by atoms with Crippen LogP contribution in [0, 0.1) is 0 Å². The molecule has 15 nitrogen and oxygen atoms in total. The molecule has 695 valence electrons. The molecule has 0 aromatic heterocycles. The second kappa shape index (κ2) is 57.4. The Bertz CT molecular complexity index is 4190. The minimum atomic E-state index is -0.344. The summed E-state index contributed by atoms with van der Waals surface area (Å²) in [6, 6.07) is 73.7. The Labute approximate surface area is 790 Å². The zero-order valence-electron chi connectivity index (χ0n) is 74.3. The van der Waals surface area contributed by atoms with Gasteiger partial charge in [-0.3, -0.25) is 23.5 Å². The Balaban J connectivity index is 0.000000248. The van der Waals surface area contributed by atoms with Gasteiger partial charge in [-0.15, -0.1) is 0 Å². The molecule has 130 heavy (non-hydrogen) atoms. The molecule has 0 saturated heterocycles. The largest absolute Gasteiger partial charge is 0.423 e. The number of hydrogen-bond acceptors (Lipinski definition) is 15. The van der Waals surface area contributed by atoms with Crippen molar-refractivity contribution in [3.63, 3.8) is 0 Å². The number of carbonyl (C=O) groups is 5. The second-order valence-electron chi connectivity index (χ2n) is 32.1. The lowest BCUT2D eigenvalue weighted by Crippen LogP contribution is -2.20. The summed E-state index contributed by atoms with van der Waals surface area (Å²) in [7, 11) is 0. The van der Waals surface area contributed by atoms with Gasteiger partial charge in [0.2, 0.25) is 0 Å². The topological polar surface area (TPSA) is 178 Å². The van der Waals surface area contributed by atoms with Gasteiger partial charge in [0.25, 0.3) is 0 Å². The highest BCUT2D eigenvalue weighted by Crippen LogP contribution is 2.40. The van der Waals surface area contributed by atoms with Crippen LogP contribution in [0.25, 0.3) is 0 Å². The van der Waals surface area contributed by atoms with Gasteiger partial charge in [-0.1, -0.05) is 124 Å². The lowest BCUT2D eigenvalue weighted by atomic mass is 9.82. The van der Waals surface area contributed by atoms with E-state index in [4.69, 9.17) is 111 Å². The van der Waals surface area contributed by atoms with E-state index in [1.807, 2.05) is 60.7 Å². The molecular weight excluding hydrogens is 1760 g/mol. The maximum atomic E-state index is 12.2. The van der Waals surface area contributed by atoms with Gasteiger partial charge >= 0.3 is 29.8 Å². The molecule has 0 heterocycles. The SMILES string of the molecule is CCO[C@H]1CC[C@H](c2ccc(C(=O)Oc3ccc([S])cc3)cc2)CC1.CCO[C@H]1CC[C@H](c2ccc(C(=O)Oc3ccc([S])cc3)cc2)CC1.CCO[C@H]1CC[C@H](c2ccc(C(=O)Oc3ccc([S])cc3)cc2)CC1.CCO[C@H]1CC[C@H](c2ccc(C(=O)Oc3ccc([S])cc3)cc2)CC1.CCO[C@H]1CC[C@H](c2ccc(C(=O)Oc3ccc([S])cc3)cc2)CC1.F.F.F.F.F. The Morgan fingerprint density at radius 2 is 0.323 bits per heavy atom. The van der Waals surface area contributed by atoms with Crippen molar-refractivity contribution in [3.8, 4) is 28.7 Å². The maximum absolute atomic E-state index is 12.2. The van der Waals surface area contributed by atoms with E-state index in [2.05, 4.69) is 95.3 Å². The van der Waals surface area contributed by atoms with Crippen LogP contribution in [0.5, 0.6) is 28.7 Å². The van der Waals surface area contributed by atoms with Crippen molar-refractivity contribution in [2.45, 2.75) is 248 Å². The van der Waals surface area contributed by atoms with E-state index < -0.39 is 0 Å². The molecule has 0 aliphatic heterocycles. The van der Waals surface area contributed by atoms with Gasteiger partial charge in [-0.2, -0.15) is 0 Å². The molecule has 5 saturated carbocycles. The zero-order valence-corrected chi connectivity index (χ0v) is 78.3. The molecule has 0 amide bonds. The average Bonchev–Trinajstić information content (AvgIpc) is 0.854. The van der Waals surface area contributed by atoms with Crippen molar-refractivity contribution in [2.24, 2.45) is 0 Å². The van der Waals surface area contributed by atoms with Crippen molar-refractivity contribution in [1.82, 2.24) is 0 Å². The van der Waals surface area contributed by atoms with Crippen molar-refractivity contribution in [3.05, 3.63) is 298 Å². The number of halogens is 5. The molecule has 0 N–H and O–H groups in total. The summed E-state index contributed by atoms with van der Waals surface area (Å²) in [5, 5.41) is 0. The molecule has 10 aromatic rings. The summed E-state index contributed by atoms with van der Waals surface area (Å²) in [4.78, 5) is 64.8. The first-order valence-electron chi connectivity index (χ1n) is 44.3. The quantitative estimate of drug-likeness (QED) is 0.0300. The van der Waals surface area contributed by atoms with E-state index in [1.54, 1.807) is 121 Å². The number of esters is 5. The summed E-state index contributed by atoms with van der Waals surface area (Å²) in [5.74, 6) is 3.62. The van der Waals surface area contributed by atoms with Gasteiger partial charge in [0.05, 0.1) is 58.3 Å². The molecule has 0 unspecified atom stereocenters. The maximum Gasteiger partial charge on any atom is 0.343 e. The van der Waals surface area contributed by atoms with Crippen LogP contribution in [-0.4, -0.2) is 93.4 Å². The van der Waals surface area contributed by atoms with Gasteiger partial charge in [0.1, 0.15) is 28.7 Å². The van der Waals surface area contributed by atoms with Crippen molar-refractivity contribution in [2.75, 3.05) is 33.0 Å². The van der Waals surface area contributed by atoms with Crippen LogP contribution in [0.2, 0.25) is 0 Å². The van der Waals surface area contributed by atoms with Crippen LogP contribution < -0.4 is 23.7 Å². The number of rotatable bonds is 25. The van der Waals surface area contributed by atoms with Crippen molar-refractivity contribution in [1.29, 1.82) is 0 Å². The van der Waals surface area contributed by atoms with E-state index in [-0.39, 0.29) is 53.4 Å². The molecule has 25 heteroatoms. The van der Waals surface area contributed by atoms with Crippen LogP contribution in [0.3, 0.4) is 0 Å². The molecular formula is C105H120F5O15S5. The highest BCUT2D eigenvalue weighted by molar-refractivity contribution is 7.81. The molecule has 0 spiro atoms. The van der Waals surface area contributed by atoms with Crippen LogP contribution >= 0.6 is 63.1 Å². The first-order chi connectivity index (χ1) is 60.8. The average molecular weight is 1880 g/mol. The smallest absolute Gasteiger partial charge is 0.343 e. The molecule has 0 bridgehead atoms. The third-order valence-corrected chi connectivity index (χ3v) is 25.0. The minimum Gasteiger partial charge on any atom is -0.423 e. The Kier molecular flexibility index (Phi) is 48.1. The molecule has 5 aliphatic carbocycles. The first-order valence-corrected chi connectivity index (χ1v) is 46.4. The minimum absolute atomic E-state index is 0. The van der Waals surface area contributed by atoms with Crippen molar-refractivity contribution >= 4 is 93.0 Å². The summed E-state index contributed by atoms with van der Waals surface area (Å²) >= 11 is 25.1. The Morgan fingerprint density at radius 3 is 0.438 bits per heavy atom. The number of ether oxygens (including phenoxy) is 10. The van der Waals surface area contributed by atoms with E-state index in [1.165, 1.54) is 27.8 Å². The summed E-state index contributed by atoms with van der Waals surface area (Å²) < 4.78 is 55.5. The Hall–Kier alpha value is -9.90. The van der Waals surface area contributed by atoms with Crippen molar-refractivity contribution < 1.29 is 94.9 Å². The van der Waals surface area contributed by atoms with Gasteiger partial charge in [-0.05, 0) is 402 Å². The lowest BCUT2D eigenvalue weighted by Gasteiger charge is -2.28. The highest BCUT2D eigenvalue weighted by Gasteiger charge is 2.29. The van der Waals surface area contributed by atoms with Crippen LogP contribution in [0.1, 0.15) is 272 Å². The third-order valence-electron chi connectivity index (χ3n) is 23.6. The first kappa shape index (κ1) is 109. The summed E-state index contributed by atoms with van der Waals surface area (Å²) in [6.07, 6.45) is 24.6. The number of carbonyl (C=O) groups excluding carboxylic acids is 5. The van der Waals surface area contributed by atoms with Gasteiger partial charge in [-0.25, -0.2) is 24.0 Å². The molecule has 5 radical (unpaired) electrons. The van der Waals surface area contributed by atoms with E-state index in [0.29, 0.717) is 117 Å². The van der Waals surface area contributed by atoms with Crippen LogP contribution in [-0.2, 0) is 23.7 Å². The predicted octanol–water partition coefficient (Wildman–Crippen LogP) is 28.4. The number of benzene rings is 10. The van der Waals surface area contributed by atoms with E-state index >= 15 is 0 Å². The monoisotopic (exact) mass is 1880 g/mol. The lowest BCUT2D eigenvalue weighted by molar-refractivity contribution is 0.0326. The predicted molar refractivity (Wildman–Crippen MR) is 514 cm³/mol. The fraction of sp³-hybridized carbons (Fsp3) is 0.381. The van der Waals surface area contributed by atoms with Crippen LogP contribution in [0.15, 0.2) is 267 Å². The molecule has 15 rings (SSSR count). The second-order valence-corrected chi connectivity index (χ2v) is 34.4. The van der Waals surface area contributed by atoms with E-state index in [9.17, 15) is 24.0 Å². The van der Waals surface area contributed by atoms with Gasteiger partial charge in [0.15, 0.2) is 0 Å². The van der Waals surface area contributed by atoms with E-state index in [0.717, 1.165) is 186 Å². The molecule has 10 aromatic carbocycles. The molecule has 5 fully saturated rings.